The van der Waals surface area contributed by atoms with Gasteiger partial charge in [-0.1, -0.05) is 56.3 Å². The first-order chi connectivity index (χ1) is 9.29. The van der Waals surface area contributed by atoms with Crippen molar-refractivity contribution in [3.63, 3.8) is 0 Å². The zero-order valence-electron chi connectivity index (χ0n) is 13.4. The van der Waals surface area contributed by atoms with Crippen LogP contribution in [0.15, 0.2) is 54.6 Å². The molecule has 0 aliphatic rings. The van der Waals surface area contributed by atoms with Crippen LogP contribution >= 0.6 is 7.82 Å². The van der Waals surface area contributed by atoms with Gasteiger partial charge in [0.15, 0.2) is 0 Å². The first-order valence-corrected chi connectivity index (χ1v) is 7.73. The number of hydrogen-bond acceptors (Lipinski definition) is 2. The molecule has 2 aromatic carbocycles. The van der Waals surface area contributed by atoms with E-state index in [2.05, 4.69) is 30.5 Å². The van der Waals surface area contributed by atoms with E-state index in [1.54, 1.807) is 12.1 Å². The van der Waals surface area contributed by atoms with Crippen molar-refractivity contribution < 1.29 is 49.9 Å². The van der Waals surface area contributed by atoms with Crippen molar-refractivity contribution in [2.24, 2.45) is 0 Å². The number of phosphoric acid groups is 1. The van der Waals surface area contributed by atoms with Crippen molar-refractivity contribution in [1.82, 2.24) is 0 Å². The molecule has 0 spiro atoms. The average molecular weight is 316 g/mol. The summed E-state index contributed by atoms with van der Waals surface area (Å²) in [6.45, 7) is 4.20. The molecule has 0 amide bonds. The van der Waals surface area contributed by atoms with E-state index in [1.165, 1.54) is 5.56 Å². The molecule has 0 saturated carbocycles. The Bertz CT molecular complexity index is 626. The summed E-state index contributed by atoms with van der Waals surface area (Å²) in [5.74, 6) is 0.158. The molecule has 0 aromatic heterocycles. The quantitative estimate of drug-likeness (QED) is 0.640. The second-order valence-electron chi connectivity index (χ2n) is 5.10. The van der Waals surface area contributed by atoms with Gasteiger partial charge in [0.2, 0.25) is 0 Å². The van der Waals surface area contributed by atoms with Gasteiger partial charge in [0.1, 0.15) is 5.75 Å². The molecule has 21 heavy (non-hydrogen) atoms. The number of rotatable bonds is 4. The summed E-state index contributed by atoms with van der Waals surface area (Å²) >= 11 is 0. The molecule has 2 N–H and O–H groups in total. The fraction of sp³-hybridized carbons (Fsp3) is 0.200. The van der Waals surface area contributed by atoms with E-state index in [4.69, 9.17) is 9.79 Å². The predicted molar refractivity (Wildman–Crippen MR) is 78.8 cm³/mol. The number of phosphoric ester groups is 1. The third-order valence-electron chi connectivity index (χ3n) is 3.30. The van der Waals surface area contributed by atoms with Crippen LogP contribution in [-0.4, -0.2) is 9.79 Å². The predicted octanol–water partition coefficient (Wildman–Crippen LogP) is 0.601. The fourth-order valence-corrected chi connectivity index (χ4v) is 2.49. The molecule has 0 atom stereocenters. The minimum Gasteiger partial charge on any atom is -1.00 e. The summed E-state index contributed by atoms with van der Waals surface area (Å²) in [7, 11) is -4.50. The normalized spacial score (nSPS) is 11.6. The molecule has 6 heteroatoms. The largest absolute Gasteiger partial charge is 1.00 e. The Labute approximate surface area is 148 Å². The third kappa shape index (κ3) is 4.96. The fourth-order valence-electron chi connectivity index (χ4n) is 2.09. The van der Waals surface area contributed by atoms with E-state index in [-0.39, 0.29) is 42.1 Å². The zero-order chi connectivity index (χ0) is 14.8. The third-order valence-corrected chi connectivity index (χ3v) is 3.74. The van der Waals surface area contributed by atoms with Gasteiger partial charge in [-0.05, 0) is 23.3 Å². The SMILES string of the molecule is CC(C)(c1ccccc1)c1ccc(OP(=O)(O)O)cc1.[H-].[Na+]. The van der Waals surface area contributed by atoms with E-state index in [9.17, 15) is 4.57 Å². The molecule has 4 nitrogen and oxygen atoms in total. The maximum Gasteiger partial charge on any atom is 1.00 e. The van der Waals surface area contributed by atoms with Crippen molar-refractivity contribution >= 4 is 7.82 Å². The minimum absolute atomic E-state index is 0. The van der Waals surface area contributed by atoms with Gasteiger partial charge in [-0.3, -0.25) is 9.79 Å². The van der Waals surface area contributed by atoms with Gasteiger partial charge in [-0.15, -0.1) is 0 Å². The Kier molecular flexibility index (Phi) is 6.23. The van der Waals surface area contributed by atoms with Gasteiger partial charge in [0.25, 0.3) is 0 Å². The maximum absolute atomic E-state index is 10.8. The summed E-state index contributed by atoms with van der Waals surface area (Å²) in [5.41, 5.74) is 2.02. The molecule has 0 bridgehead atoms. The molecule has 0 fully saturated rings. The van der Waals surface area contributed by atoms with Gasteiger partial charge in [-0.2, -0.15) is 0 Å². The van der Waals surface area contributed by atoms with Crippen LogP contribution in [0, 0.1) is 0 Å². The monoisotopic (exact) mass is 316 g/mol. The van der Waals surface area contributed by atoms with Crippen molar-refractivity contribution in [2.75, 3.05) is 0 Å². The molecular formula is C15H18NaO4P. The smallest absolute Gasteiger partial charge is 1.00 e. The van der Waals surface area contributed by atoms with Crippen LogP contribution in [-0.2, 0) is 9.98 Å². The summed E-state index contributed by atoms with van der Waals surface area (Å²) in [6, 6.07) is 16.8. The molecule has 2 rings (SSSR count). The topological polar surface area (TPSA) is 66.8 Å². The standard InChI is InChI=1S/C15H17O4P.Na.H/c1-15(2,12-6-4-3-5-7-12)13-8-10-14(11-9-13)19-20(16,17)18;;/h3-11H,1-2H3,(H2,16,17,18);;/q;+1;-1. The molecule has 108 valence electrons. The minimum atomic E-state index is -4.50. The Morgan fingerprint density at radius 2 is 1.43 bits per heavy atom. The number of benzene rings is 2. The Morgan fingerprint density at radius 3 is 1.90 bits per heavy atom. The van der Waals surface area contributed by atoms with Gasteiger partial charge in [0.05, 0.1) is 0 Å². The molecule has 0 unspecified atom stereocenters. The number of hydrogen-bond donors (Lipinski definition) is 2. The van der Waals surface area contributed by atoms with E-state index in [0.717, 1.165) is 5.56 Å². The van der Waals surface area contributed by atoms with Gasteiger partial charge < -0.3 is 5.95 Å². The summed E-state index contributed by atoms with van der Waals surface area (Å²) in [6.07, 6.45) is 0. The van der Waals surface area contributed by atoms with Crippen LogP contribution in [0.5, 0.6) is 5.75 Å². The van der Waals surface area contributed by atoms with Crippen LogP contribution in [0.25, 0.3) is 0 Å². The van der Waals surface area contributed by atoms with Crippen LogP contribution in [0.2, 0.25) is 0 Å². The first-order valence-electron chi connectivity index (χ1n) is 6.20. The average Bonchev–Trinajstić information content (AvgIpc) is 2.38. The Balaban J connectivity index is 0.00000220. The molecule has 0 heterocycles. The summed E-state index contributed by atoms with van der Waals surface area (Å²) in [4.78, 5) is 17.5. The Hall–Kier alpha value is -0.610. The van der Waals surface area contributed by atoms with Crippen molar-refractivity contribution in [2.45, 2.75) is 19.3 Å². The van der Waals surface area contributed by atoms with Crippen molar-refractivity contribution in [1.29, 1.82) is 0 Å². The van der Waals surface area contributed by atoms with E-state index < -0.39 is 7.82 Å². The molecule has 0 radical (unpaired) electrons. The van der Waals surface area contributed by atoms with Crippen LogP contribution in [0.4, 0.5) is 0 Å². The summed E-state index contributed by atoms with van der Waals surface area (Å²) < 4.78 is 15.3. The van der Waals surface area contributed by atoms with Crippen LogP contribution < -0.4 is 34.1 Å². The Morgan fingerprint density at radius 1 is 0.952 bits per heavy atom. The molecular weight excluding hydrogens is 298 g/mol. The van der Waals surface area contributed by atoms with E-state index in [0.29, 0.717) is 0 Å². The van der Waals surface area contributed by atoms with Gasteiger partial charge in [-0.25, -0.2) is 4.57 Å². The van der Waals surface area contributed by atoms with Crippen LogP contribution in [0.3, 0.4) is 0 Å². The van der Waals surface area contributed by atoms with Crippen LogP contribution in [0.1, 0.15) is 26.4 Å². The first kappa shape index (κ1) is 18.4. The maximum atomic E-state index is 10.8. The molecule has 0 saturated heterocycles. The molecule has 0 aliphatic carbocycles. The van der Waals surface area contributed by atoms with Gasteiger partial charge in [0, 0.05) is 5.41 Å². The second kappa shape index (κ2) is 7.10. The van der Waals surface area contributed by atoms with E-state index >= 15 is 0 Å². The van der Waals surface area contributed by atoms with Crippen molar-refractivity contribution in [3.8, 4) is 5.75 Å². The molecule has 2 aromatic rings. The molecule has 0 aliphatic heterocycles. The van der Waals surface area contributed by atoms with Gasteiger partial charge >= 0.3 is 37.4 Å². The summed E-state index contributed by atoms with van der Waals surface area (Å²) in [5, 5.41) is 0. The zero-order valence-corrected chi connectivity index (χ0v) is 15.2. The van der Waals surface area contributed by atoms with Crippen molar-refractivity contribution in [3.05, 3.63) is 65.7 Å². The second-order valence-corrected chi connectivity index (χ2v) is 6.26. The van der Waals surface area contributed by atoms with E-state index in [1.807, 2.05) is 30.3 Å².